The number of fused-ring (bicyclic) bond motifs is 1. The molecule has 0 bridgehead atoms. The van der Waals surface area contributed by atoms with Crippen molar-refractivity contribution in [3.8, 4) is 17.4 Å². The fourth-order valence-electron chi connectivity index (χ4n) is 3.34. The van der Waals surface area contributed by atoms with Gasteiger partial charge in [0, 0.05) is 23.2 Å². The highest BCUT2D eigenvalue weighted by atomic mass is 16.5. The summed E-state index contributed by atoms with van der Waals surface area (Å²) in [6.07, 6.45) is 1.62. The van der Waals surface area contributed by atoms with Crippen LogP contribution >= 0.6 is 0 Å². The van der Waals surface area contributed by atoms with Crippen molar-refractivity contribution in [3.63, 3.8) is 0 Å². The first-order valence-corrected chi connectivity index (χ1v) is 10.9. The molecule has 0 fully saturated rings. The van der Waals surface area contributed by atoms with E-state index in [1.807, 2.05) is 61.5 Å². The zero-order valence-corrected chi connectivity index (χ0v) is 19.1. The van der Waals surface area contributed by atoms with E-state index in [1.54, 1.807) is 32.2 Å². The first-order chi connectivity index (χ1) is 15.9. The van der Waals surface area contributed by atoms with Crippen molar-refractivity contribution >= 4 is 10.9 Å². The van der Waals surface area contributed by atoms with Gasteiger partial charge in [0.1, 0.15) is 31.3 Å². The average Bonchev–Trinajstić information content (AvgIpc) is 2.81. The van der Waals surface area contributed by atoms with Crippen molar-refractivity contribution < 1.29 is 19.3 Å². The molecule has 4 rings (SSSR count). The van der Waals surface area contributed by atoms with Crippen LogP contribution in [0.4, 0.5) is 0 Å². The van der Waals surface area contributed by atoms with Gasteiger partial charge in [0.25, 0.3) is 0 Å². The monoisotopic (exact) mass is 444 g/mol. The Morgan fingerprint density at radius 1 is 0.879 bits per heavy atom. The molecule has 2 heterocycles. The summed E-state index contributed by atoms with van der Waals surface area (Å²) in [6, 6.07) is 21.4. The van der Waals surface area contributed by atoms with Crippen LogP contribution in [0.2, 0.25) is 0 Å². The molecule has 2 aromatic heterocycles. The van der Waals surface area contributed by atoms with Crippen LogP contribution in [0.5, 0.6) is 17.4 Å². The van der Waals surface area contributed by atoms with Crippen LogP contribution in [0.25, 0.3) is 10.9 Å². The molecule has 0 aliphatic heterocycles. The minimum Gasteiger partial charge on any atom is -0.490 e. The first-order valence-electron chi connectivity index (χ1n) is 10.9. The second-order valence-corrected chi connectivity index (χ2v) is 8.52. The number of ether oxygens (including phenoxy) is 3. The lowest BCUT2D eigenvalue weighted by molar-refractivity contribution is 0.0283. The van der Waals surface area contributed by atoms with Gasteiger partial charge in [0.15, 0.2) is 0 Å². The third kappa shape index (κ3) is 5.99. The molecular formula is C27H28N2O4. The van der Waals surface area contributed by atoms with Crippen LogP contribution in [0.15, 0.2) is 72.9 Å². The van der Waals surface area contributed by atoms with E-state index in [0.717, 1.165) is 33.5 Å². The third-order valence-electron chi connectivity index (χ3n) is 5.06. The Balaban J connectivity index is 1.54. The largest absolute Gasteiger partial charge is 0.490 e. The quantitative estimate of drug-likeness (QED) is 0.380. The maximum atomic E-state index is 9.87. The molecule has 4 aromatic rings. The molecule has 0 atom stereocenters. The summed E-state index contributed by atoms with van der Waals surface area (Å²) < 4.78 is 17.8. The third-order valence-corrected chi connectivity index (χ3v) is 5.06. The maximum absolute atomic E-state index is 9.87. The number of nitrogens with zero attached hydrogens (tertiary/aromatic N) is 2. The number of para-hydroxylation sites is 1. The summed E-state index contributed by atoms with van der Waals surface area (Å²) in [6.45, 7) is 6.26. The number of benzene rings is 2. The Bertz CT molecular complexity index is 1220. The molecule has 0 radical (unpaired) electrons. The fourth-order valence-corrected chi connectivity index (χ4v) is 3.34. The second kappa shape index (κ2) is 9.88. The Morgan fingerprint density at radius 2 is 1.64 bits per heavy atom. The zero-order chi connectivity index (χ0) is 23.3. The van der Waals surface area contributed by atoms with Gasteiger partial charge in [-0.05, 0) is 44.5 Å². The Kier molecular flexibility index (Phi) is 6.75. The second-order valence-electron chi connectivity index (χ2n) is 8.52. The van der Waals surface area contributed by atoms with Crippen molar-refractivity contribution in [3.05, 3.63) is 89.7 Å². The fraction of sp³-hybridized carbons (Fsp3) is 0.259. The molecule has 6 nitrogen and oxygen atoms in total. The molecular weight excluding hydrogens is 416 g/mol. The Hall–Kier alpha value is -3.64. The zero-order valence-electron chi connectivity index (χ0n) is 19.1. The van der Waals surface area contributed by atoms with Gasteiger partial charge in [-0.25, -0.2) is 9.97 Å². The minimum atomic E-state index is -0.924. The molecule has 0 aliphatic carbocycles. The van der Waals surface area contributed by atoms with Gasteiger partial charge in [-0.2, -0.15) is 0 Å². The van der Waals surface area contributed by atoms with Crippen LogP contribution in [0.3, 0.4) is 0 Å². The SMILES string of the molecule is Cc1c(COc2cc(OCC(C)(C)O)ccn2)nc2ccccc2c1OCc1ccccc1. The topological polar surface area (TPSA) is 73.7 Å². The van der Waals surface area contributed by atoms with Gasteiger partial charge in [0.05, 0.1) is 16.8 Å². The van der Waals surface area contributed by atoms with E-state index >= 15 is 0 Å². The minimum absolute atomic E-state index is 0.171. The Labute approximate surface area is 193 Å². The highest BCUT2D eigenvalue weighted by Crippen LogP contribution is 2.31. The van der Waals surface area contributed by atoms with E-state index in [1.165, 1.54) is 0 Å². The predicted molar refractivity (Wildman–Crippen MR) is 128 cm³/mol. The molecule has 0 spiro atoms. The molecule has 0 saturated heterocycles. The molecule has 6 heteroatoms. The van der Waals surface area contributed by atoms with Gasteiger partial charge >= 0.3 is 0 Å². The van der Waals surface area contributed by atoms with Crippen molar-refractivity contribution in [2.45, 2.75) is 39.6 Å². The van der Waals surface area contributed by atoms with E-state index in [-0.39, 0.29) is 13.2 Å². The van der Waals surface area contributed by atoms with Crippen LogP contribution in [0.1, 0.15) is 30.7 Å². The van der Waals surface area contributed by atoms with E-state index in [2.05, 4.69) is 4.98 Å². The van der Waals surface area contributed by atoms with Crippen LogP contribution in [0, 0.1) is 6.92 Å². The summed E-state index contributed by atoms with van der Waals surface area (Å²) in [5.41, 5.74) is 2.73. The standard InChI is InChI=1S/C27H28N2O4/c1-19-24(17-31-25-15-21(13-14-28-25)33-18-27(2,3)30)29-23-12-8-7-11-22(23)26(19)32-16-20-9-5-4-6-10-20/h4-15,30H,16-18H2,1-3H3. The van der Waals surface area contributed by atoms with Crippen LogP contribution < -0.4 is 14.2 Å². The number of hydrogen-bond acceptors (Lipinski definition) is 6. The van der Waals surface area contributed by atoms with Gasteiger partial charge in [-0.3, -0.25) is 0 Å². The summed E-state index contributed by atoms with van der Waals surface area (Å²) in [5.74, 6) is 1.81. The number of hydrogen-bond donors (Lipinski definition) is 1. The molecule has 170 valence electrons. The van der Waals surface area contributed by atoms with Gasteiger partial charge in [0.2, 0.25) is 5.88 Å². The van der Waals surface area contributed by atoms with E-state index in [9.17, 15) is 5.11 Å². The van der Waals surface area contributed by atoms with E-state index in [0.29, 0.717) is 18.2 Å². The predicted octanol–water partition coefficient (Wildman–Crippen LogP) is 5.25. The summed E-state index contributed by atoms with van der Waals surface area (Å²) >= 11 is 0. The van der Waals surface area contributed by atoms with E-state index < -0.39 is 5.60 Å². The summed E-state index contributed by atoms with van der Waals surface area (Å²) in [7, 11) is 0. The molecule has 2 aromatic carbocycles. The smallest absolute Gasteiger partial charge is 0.217 e. The summed E-state index contributed by atoms with van der Waals surface area (Å²) in [4.78, 5) is 9.07. The van der Waals surface area contributed by atoms with Gasteiger partial charge < -0.3 is 19.3 Å². The van der Waals surface area contributed by atoms with Crippen molar-refractivity contribution in [1.29, 1.82) is 0 Å². The Morgan fingerprint density at radius 3 is 2.42 bits per heavy atom. The normalized spacial score (nSPS) is 11.4. The van der Waals surface area contributed by atoms with Crippen molar-refractivity contribution in [2.75, 3.05) is 6.61 Å². The summed E-state index contributed by atoms with van der Waals surface area (Å²) in [5, 5.41) is 10.8. The van der Waals surface area contributed by atoms with Gasteiger partial charge in [-0.15, -0.1) is 0 Å². The lowest BCUT2D eigenvalue weighted by Gasteiger charge is -2.18. The molecule has 0 amide bonds. The number of rotatable bonds is 9. The highest BCUT2D eigenvalue weighted by Gasteiger charge is 2.15. The molecule has 0 unspecified atom stereocenters. The molecule has 1 N–H and O–H groups in total. The van der Waals surface area contributed by atoms with E-state index in [4.69, 9.17) is 19.2 Å². The number of aromatic nitrogens is 2. The highest BCUT2D eigenvalue weighted by molar-refractivity contribution is 5.86. The van der Waals surface area contributed by atoms with Crippen molar-refractivity contribution in [1.82, 2.24) is 9.97 Å². The maximum Gasteiger partial charge on any atom is 0.217 e. The van der Waals surface area contributed by atoms with Crippen molar-refractivity contribution in [2.24, 2.45) is 0 Å². The lowest BCUT2D eigenvalue weighted by Crippen LogP contribution is -2.27. The van der Waals surface area contributed by atoms with Crippen LogP contribution in [-0.2, 0) is 13.2 Å². The first kappa shape index (κ1) is 22.6. The average molecular weight is 445 g/mol. The van der Waals surface area contributed by atoms with Gasteiger partial charge in [-0.1, -0.05) is 42.5 Å². The number of pyridine rings is 2. The van der Waals surface area contributed by atoms with Crippen LogP contribution in [-0.4, -0.2) is 27.3 Å². The lowest BCUT2D eigenvalue weighted by atomic mass is 10.1. The molecule has 33 heavy (non-hydrogen) atoms. The molecule has 0 saturated carbocycles. The number of aliphatic hydroxyl groups is 1. The molecule has 0 aliphatic rings.